The second-order valence-corrected chi connectivity index (χ2v) is 7.65. The molecule has 1 N–H and O–H groups in total. The van der Waals surface area contributed by atoms with Crippen LogP contribution in [0.1, 0.15) is 11.1 Å². The highest BCUT2D eigenvalue weighted by Gasteiger charge is 2.12. The van der Waals surface area contributed by atoms with Crippen LogP contribution in [0.3, 0.4) is 0 Å². The van der Waals surface area contributed by atoms with Crippen molar-refractivity contribution in [3.63, 3.8) is 0 Å². The lowest BCUT2D eigenvalue weighted by molar-refractivity contribution is 0.279. The molecule has 3 aromatic carbocycles. The zero-order valence-corrected chi connectivity index (χ0v) is 18.0. The molecule has 0 radical (unpaired) electrons. The van der Waals surface area contributed by atoms with Crippen LogP contribution < -0.4 is 14.8 Å². The Morgan fingerprint density at radius 3 is 2.54 bits per heavy atom. The third-order valence-corrected chi connectivity index (χ3v) is 5.37. The molecule has 0 aliphatic carbocycles. The van der Waals surface area contributed by atoms with Gasteiger partial charge in [0.25, 0.3) is 0 Å². The van der Waals surface area contributed by atoms with E-state index in [0.29, 0.717) is 33.7 Å². The fraction of sp³-hybridized carbons (Fsp3) is 0.143. The van der Waals surface area contributed by atoms with Crippen molar-refractivity contribution in [3.8, 4) is 11.5 Å². The molecule has 28 heavy (non-hydrogen) atoms. The molecule has 0 saturated heterocycles. The fourth-order valence-corrected chi connectivity index (χ4v) is 3.40. The number of methoxy groups -OCH3 is 1. The quantitative estimate of drug-likeness (QED) is 0.388. The van der Waals surface area contributed by atoms with Crippen molar-refractivity contribution < 1.29 is 13.9 Å². The SMILES string of the molecule is COc1cc(CNc2cc(Cl)ccc2Cl)c(Br)cc1OCc1ccccc1F. The highest BCUT2D eigenvalue weighted by Crippen LogP contribution is 2.35. The summed E-state index contributed by atoms with van der Waals surface area (Å²) in [6.07, 6.45) is 0. The average molecular weight is 485 g/mol. The van der Waals surface area contributed by atoms with Gasteiger partial charge in [0.15, 0.2) is 11.5 Å². The lowest BCUT2D eigenvalue weighted by Gasteiger charge is -2.15. The average Bonchev–Trinajstić information content (AvgIpc) is 2.69. The van der Waals surface area contributed by atoms with Crippen LogP contribution in [-0.2, 0) is 13.2 Å². The number of benzene rings is 3. The van der Waals surface area contributed by atoms with Crippen LogP contribution in [0.25, 0.3) is 0 Å². The third-order valence-electron chi connectivity index (χ3n) is 4.07. The number of anilines is 1. The minimum Gasteiger partial charge on any atom is -0.493 e. The van der Waals surface area contributed by atoms with E-state index in [-0.39, 0.29) is 12.4 Å². The number of nitrogens with one attached hydrogen (secondary N) is 1. The van der Waals surface area contributed by atoms with Gasteiger partial charge < -0.3 is 14.8 Å². The Morgan fingerprint density at radius 2 is 1.79 bits per heavy atom. The summed E-state index contributed by atoms with van der Waals surface area (Å²) in [6.45, 7) is 0.593. The number of hydrogen-bond acceptors (Lipinski definition) is 3. The molecule has 0 saturated carbocycles. The van der Waals surface area contributed by atoms with Crippen molar-refractivity contribution >= 4 is 44.8 Å². The Labute approximate surface area is 181 Å². The zero-order valence-electron chi connectivity index (χ0n) is 14.9. The van der Waals surface area contributed by atoms with Gasteiger partial charge in [-0.3, -0.25) is 0 Å². The maximum atomic E-state index is 13.8. The summed E-state index contributed by atoms with van der Waals surface area (Å²) in [5.41, 5.74) is 2.15. The van der Waals surface area contributed by atoms with Gasteiger partial charge >= 0.3 is 0 Å². The predicted octanol–water partition coefficient (Wildman–Crippen LogP) is 7.09. The molecule has 0 atom stereocenters. The van der Waals surface area contributed by atoms with E-state index in [1.165, 1.54) is 6.07 Å². The molecule has 3 rings (SSSR count). The summed E-state index contributed by atoms with van der Waals surface area (Å²) in [6, 6.07) is 15.4. The summed E-state index contributed by atoms with van der Waals surface area (Å²) < 4.78 is 25.8. The van der Waals surface area contributed by atoms with Gasteiger partial charge in [-0.1, -0.05) is 57.3 Å². The minimum absolute atomic E-state index is 0.102. The summed E-state index contributed by atoms with van der Waals surface area (Å²) >= 11 is 15.8. The normalized spacial score (nSPS) is 10.6. The third kappa shape index (κ3) is 5.10. The van der Waals surface area contributed by atoms with Crippen LogP contribution in [0, 0.1) is 5.82 Å². The summed E-state index contributed by atoms with van der Waals surface area (Å²) in [5, 5.41) is 4.43. The van der Waals surface area contributed by atoms with Crippen molar-refractivity contribution in [2.24, 2.45) is 0 Å². The van der Waals surface area contributed by atoms with E-state index in [1.54, 1.807) is 49.6 Å². The number of rotatable bonds is 7. The summed E-state index contributed by atoms with van der Waals surface area (Å²) in [5.74, 6) is 0.760. The van der Waals surface area contributed by atoms with Crippen LogP contribution >= 0.6 is 39.1 Å². The first-order valence-corrected chi connectivity index (χ1v) is 9.94. The second-order valence-electron chi connectivity index (χ2n) is 5.95. The molecule has 146 valence electrons. The molecule has 0 aliphatic rings. The second kappa shape index (κ2) is 9.50. The molecule has 0 aliphatic heterocycles. The molecule has 0 aromatic heterocycles. The number of hydrogen-bond donors (Lipinski definition) is 1. The van der Waals surface area contributed by atoms with Crippen molar-refractivity contribution in [2.75, 3.05) is 12.4 Å². The van der Waals surface area contributed by atoms with E-state index in [0.717, 1.165) is 15.7 Å². The topological polar surface area (TPSA) is 30.5 Å². The molecule has 3 aromatic rings. The van der Waals surface area contributed by atoms with Crippen molar-refractivity contribution in [3.05, 3.63) is 86.1 Å². The Kier molecular flexibility index (Phi) is 7.05. The molecule has 0 amide bonds. The van der Waals surface area contributed by atoms with Crippen LogP contribution in [0.2, 0.25) is 10.0 Å². The number of ether oxygens (including phenoxy) is 2. The zero-order chi connectivity index (χ0) is 20.1. The van der Waals surface area contributed by atoms with Crippen LogP contribution in [-0.4, -0.2) is 7.11 Å². The first-order valence-electron chi connectivity index (χ1n) is 8.39. The predicted molar refractivity (Wildman–Crippen MR) is 115 cm³/mol. The first kappa shape index (κ1) is 20.8. The highest BCUT2D eigenvalue weighted by atomic mass is 79.9. The smallest absolute Gasteiger partial charge is 0.162 e. The minimum atomic E-state index is -0.306. The van der Waals surface area contributed by atoms with E-state index >= 15 is 0 Å². The standard InChI is InChI=1S/C21H17BrCl2FNO2/c1-27-20-8-14(11-26-19-9-15(23)6-7-17(19)24)16(22)10-21(20)28-12-13-4-2-3-5-18(13)25/h2-10,26H,11-12H2,1H3. The Balaban J connectivity index is 1.75. The first-order chi connectivity index (χ1) is 13.5. The highest BCUT2D eigenvalue weighted by molar-refractivity contribution is 9.10. The molecular formula is C21H17BrCl2FNO2. The summed E-state index contributed by atoms with van der Waals surface area (Å²) in [4.78, 5) is 0. The van der Waals surface area contributed by atoms with Gasteiger partial charge in [-0.05, 0) is 42.0 Å². The van der Waals surface area contributed by atoms with Crippen LogP contribution in [0.15, 0.2) is 59.1 Å². The van der Waals surface area contributed by atoms with Gasteiger partial charge in [0.05, 0.1) is 17.8 Å². The largest absolute Gasteiger partial charge is 0.493 e. The molecule has 3 nitrogen and oxygen atoms in total. The molecule has 7 heteroatoms. The monoisotopic (exact) mass is 483 g/mol. The maximum Gasteiger partial charge on any atom is 0.162 e. The van der Waals surface area contributed by atoms with Gasteiger partial charge in [-0.15, -0.1) is 0 Å². The van der Waals surface area contributed by atoms with Gasteiger partial charge in [0.1, 0.15) is 12.4 Å². The van der Waals surface area contributed by atoms with Crippen molar-refractivity contribution in [1.29, 1.82) is 0 Å². The van der Waals surface area contributed by atoms with E-state index in [9.17, 15) is 4.39 Å². The van der Waals surface area contributed by atoms with E-state index in [1.807, 2.05) is 6.07 Å². The van der Waals surface area contributed by atoms with Crippen molar-refractivity contribution in [2.45, 2.75) is 13.2 Å². The molecule has 0 fully saturated rings. The lowest BCUT2D eigenvalue weighted by atomic mass is 10.2. The van der Waals surface area contributed by atoms with Gasteiger partial charge in [0, 0.05) is 21.6 Å². The molecule has 0 heterocycles. The van der Waals surface area contributed by atoms with Crippen LogP contribution in [0.5, 0.6) is 11.5 Å². The Bertz CT molecular complexity index is 985. The number of halogens is 4. The maximum absolute atomic E-state index is 13.8. The van der Waals surface area contributed by atoms with E-state index in [2.05, 4.69) is 21.2 Å². The fourth-order valence-electron chi connectivity index (χ4n) is 2.58. The van der Waals surface area contributed by atoms with Crippen molar-refractivity contribution in [1.82, 2.24) is 0 Å². The molecule has 0 unspecified atom stereocenters. The van der Waals surface area contributed by atoms with Gasteiger partial charge in [-0.2, -0.15) is 0 Å². The van der Waals surface area contributed by atoms with E-state index in [4.69, 9.17) is 32.7 Å². The molecule has 0 spiro atoms. The Morgan fingerprint density at radius 1 is 1.00 bits per heavy atom. The molecule has 0 bridgehead atoms. The molecular weight excluding hydrogens is 468 g/mol. The Hall–Kier alpha value is -1.95. The van der Waals surface area contributed by atoms with Gasteiger partial charge in [0.2, 0.25) is 0 Å². The summed E-state index contributed by atoms with van der Waals surface area (Å²) in [7, 11) is 1.56. The van der Waals surface area contributed by atoms with Crippen LogP contribution in [0.4, 0.5) is 10.1 Å². The van der Waals surface area contributed by atoms with E-state index < -0.39 is 0 Å². The van der Waals surface area contributed by atoms with Gasteiger partial charge in [-0.25, -0.2) is 4.39 Å². The lowest BCUT2D eigenvalue weighted by Crippen LogP contribution is -2.04.